The molecule has 6 nitrogen and oxygen atoms in total. The van der Waals surface area contributed by atoms with Crippen LogP contribution in [-0.2, 0) is 11.2 Å². The monoisotopic (exact) mass is 266 g/mol. The lowest BCUT2D eigenvalue weighted by atomic mass is 10.1. The van der Waals surface area contributed by atoms with Gasteiger partial charge in [0.25, 0.3) is 0 Å². The molecule has 19 heavy (non-hydrogen) atoms. The molecule has 1 aliphatic heterocycles. The van der Waals surface area contributed by atoms with Crippen molar-refractivity contribution in [3.05, 3.63) is 17.0 Å². The largest absolute Gasteiger partial charge is 0.378 e. The highest BCUT2D eigenvalue weighted by atomic mass is 16.5. The van der Waals surface area contributed by atoms with Gasteiger partial charge in [0.2, 0.25) is 0 Å². The Labute approximate surface area is 113 Å². The lowest BCUT2D eigenvalue weighted by Crippen LogP contribution is -2.44. The van der Waals surface area contributed by atoms with Crippen LogP contribution in [0.4, 0.5) is 0 Å². The van der Waals surface area contributed by atoms with E-state index in [4.69, 9.17) is 15.0 Å². The maximum Gasteiger partial charge on any atom is 0.191 e. The highest BCUT2D eigenvalue weighted by molar-refractivity contribution is 5.78. The Bertz CT molecular complexity index is 416. The number of morpholine rings is 1. The van der Waals surface area contributed by atoms with Crippen LogP contribution in [0.1, 0.15) is 23.4 Å². The minimum absolute atomic E-state index is 0.627. The van der Waals surface area contributed by atoms with Crippen molar-refractivity contribution in [3.8, 4) is 0 Å². The lowest BCUT2D eigenvalue weighted by Gasteiger charge is -2.27. The van der Waals surface area contributed by atoms with Crippen molar-refractivity contribution in [1.29, 1.82) is 0 Å². The van der Waals surface area contributed by atoms with E-state index < -0.39 is 0 Å². The number of ether oxygens (including phenoxy) is 1. The molecule has 6 heteroatoms. The van der Waals surface area contributed by atoms with Crippen LogP contribution in [0.15, 0.2) is 9.52 Å². The normalized spacial score (nSPS) is 16.9. The van der Waals surface area contributed by atoms with Gasteiger partial charge in [-0.2, -0.15) is 0 Å². The Hall–Kier alpha value is -1.56. The molecule has 1 aliphatic rings. The van der Waals surface area contributed by atoms with Gasteiger partial charge < -0.3 is 19.9 Å². The first-order valence-corrected chi connectivity index (χ1v) is 6.73. The van der Waals surface area contributed by atoms with Crippen molar-refractivity contribution >= 4 is 5.96 Å². The van der Waals surface area contributed by atoms with Gasteiger partial charge in [-0.1, -0.05) is 5.16 Å². The van der Waals surface area contributed by atoms with Crippen molar-refractivity contribution in [3.63, 3.8) is 0 Å². The van der Waals surface area contributed by atoms with Crippen molar-refractivity contribution < 1.29 is 9.26 Å². The molecule has 0 aliphatic carbocycles. The number of guanidine groups is 1. The number of hydrogen-bond donors (Lipinski definition) is 1. The minimum Gasteiger partial charge on any atom is -0.378 e. The number of hydrogen-bond acceptors (Lipinski definition) is 4. The molecule has 0 aromatic carbocycles. The molecule has 2 N–H and O–H groups in total. The smallest absolute Gasteiger partial charge is 0.191 e. The first kappa shape index (κ1) is 13.9. The highest BCUT2D eigenvalue weighted by Crippen LogP contribution is 2.14. The zero-order chi connectivity index (χ0) is 13.7. The Morgan fingerprint density at radius 1 is 1.37 bits per heavy atom. The summed E-state index contributed by atoms with van der Waals surface area (Å²) in [5.74, 6) is 1.53. The second kappa shape index (κ2) is 6.56. The van der Waals surface area contributed by atoms with E-state index >= 15 is 0 Å². The van der Waals surface area contributed by atoms with Crippen LogP contribution in [0.3, 0.4) is 0 Å². The van der Waals surface area contributed by atoms with Crippen LogP contribution in [0.2, 0.25) is 0 Å². The standard InChI is InChI=1S/C13H22N4O2/c1-10-12(11(2)19-16-10)4-3-5-15-13(14)17-6-8-18-9-7-17/h3-9H2,1-2H3,(H2,14,15). The Balaban J connectivity index is 1.76. The van der Waals surface area contributed by atoms with Crippen molar-refractivity contribution in [2.24, 2.45) is 10.7 Å². The van der Waals surface area contributed by atoms with E-state index in [9.17, 15) is 0 Å². The summed E-state index contributed by atoms with van der Waals surface area (Å²) in [6.07, 6.45) is 1.88. The molecule has 0 spiro atoms. The SMILES string of the molecule is Cc1noc(C)c1CCCN=C(N)N1CCOCC1. The molecule has 0 amide bonds. The van der Waals surface area contributed by atoms with Gasteiger partial charge in [0.15, 0.2) is 5.96 Å². The van der Waals surface area contributed by atoms with E-state index in [2.05, 4.69) is 15.0 Å². The van der Waals surface area contributed by atoms with Crippen LogP contribution in [0.5, 0.6) is 0 Å². The third-order valence-corrected chi connectivity index (χ3v) is 3.37. The zero-order valence-electron chi connectivity index (χ0n) is 11.7. The first-order valence-electron chi connectivity index (χ1n) is 6.73. The van der Waals surface area contributed by atoms with Crippen LogP contribution in [-0.4, -0.2) is 48.9 Å². The summed E-state index contributed by atoms with van der Waals surface area (Å²) in [4.78, 5) is 6.49. The summed E-state index contributed by atoms with van der Waals surface area (Å²) in [5.41, 5.74) is 8.13. The van der Waals surface area contributed by atoms with Gasteiger partial charge >= 0.3 is 0 Å². The average Bonchev–Trinajstić information content (AvgIpc) is 2.75. The molecule has 2 heterocycles. The molecule has 1 aromatic rings. The van der Waals surface area contributed by atoms with Crippen LogP contribution >= 0.6 is 0 Å². The van der Waals surface area contributed by atoms with Gasteiger partial charge in [-0.25, -0.2) is 0 Å². The fraction of sp³-hybridized carbons (Fsp3) is 0.692. The van der Waals surface area contributed by atoms with Gasteiger partial charge in [-0.05, 0) is 26.7 Å². The summed E-state index contributed by atoms with van der Waals surface area (Å²) < 4.78 is 10.4. The van der Waals surface area contributed by atoms with Crippen LogP contribution in [0, 0.1) is 13.8 Å². The van der Waals surface area contributed by atoms with Crippen molar-refractivity contribution in [1.82, 2.24) is 10.1 Å². The zero-order valence-corrected chi connectivity index (χ0v) is 11.7. The van der Waals surface area contributed by atoms with E-state index in [1.54, 1.807) is 0 Å². The van der Waals surface area contributed by atoms with Crippen molar-refractivity contribution in [2.75, 3.05) is 32.8 Å². The number of aryl methyl sites for hydroxylation is 2. The van der Waals surface area contributed by atoms with Gasteiger partial charge in [0.05, 0.1) is 18.9 Å². The summed E-state index contributed by atoms with van der Waals surface area (Å²) in [6.45, 7) is 7.77. The third-order valence-electron chi connectivity index (χ3n) is 3.37. The quantitative estimate of drug-likeness (QED) is 0.497. The number of nitrogens with zero attached hydrogens (tertiary/aromatic N) is 3. The second-order valence-corrected chi connectivity index (χ2v) is 4.75. The summed E-state index contributed by atoms with van der Waals surface area (Å²) in [6, 6.07) is 0. The number of aliphatic imine (C=N–C) groups is 1. The Morgan fingerprint density at radius 3 is 2.74 bits per heavy atom. The molecular formula is C13H22N4O2. The molecule has 0 saturated carbocycles. The molecule has 2 rings (SSSR count). The van der Waals surface area contributed by atoms with E-state index in [1.807, 2.05) is 13.8 Å². The van der Waals surface area contributed by atoms with Crippen molar-refractivity contribution in [2.45, 2.75) is 26.7 Å². The van der Waals surface area contributed by atoms with Crippen LogP contribution in [0.25, 0.3) is 0 Å². The number of aromatic nitrogens is 1. The lowest BCUT2D eigenvalue weighted by molar-refractivity contribution is 0.0674. The maximum atomic E-state index is 5.96. The minimum atomic E-state index is 0.627. The molecule has 0 bridgehead atoms. The molecular weight excluding hydrogens is 244 g/mol. The third kappa shape index (κ3) is 3.70. The topological polar surface area (TPSA) is 76.9 Å². The summed E-state index contributed by atoms with van der Waals surface area (Å²) in [5, 5.41) is 3.95. The molecule has 1 fully saturated rings. The maximum absolute atomic E-state index is 5.96. The summed E-state index contributed by atoms with van der Waals surface area (Å²) >= 11 is 0. The van der Waals surface area contributed by atoms with E-state index in [0.29, 0.717) is 5.96 Å². The van der Waals surface area contributed by atoms with E-state index in [-0.39, 0.29) is 0 Å². The fourth-order valence-corrected chi connectivity index (χ4v) is 2.20. The highest BCUT2D eigenvalue weighted by Gasteiger charge is 2.12. The number of rotatable bonds is 4. The van der Waals surface area contributed by atoms with E-state index in [1.165, 1.54) is 5.56 Å². The van der Waals surface area contributed by atoms with Gasteiger partial charge in [0, 0.05) is 25.2 Å². The molecule has 106 valence electrons. The molecule has 1 saturated heterocycles. The Kier molecular flexibility index (Phi) is 4.79. The van der Waals surface area contributed by atoms with E-state index in [0.717, 1.165) is 57.1 Å². The molecule has 0 atom stereocenters. The molecule has 0 radical (unpaired) electrons. The fourth-order valence-electron chi connectivity index (χ4n) is 2.20. The predicted octanol–water partition coefficient (Wildman–Crippen LogP) is 0.871. The predicted molar refractivity (Wildman–Crippen MR) is 73.2 cm³/mol. The van der Waals surface area contributed by atoms with Gasteiger partial charge in [-0.15, -0.1) is 0 Å². The Morgan fingerprint density at radius 2 is 2.11 bits per heavy atom. The first-order chi connectivity index (χ1) is 9.18. The van der Waals surface area contributed by atoms with Crippen LogP contribution < -0.4 is 5.73 Å². The molecule has 1 aromatic heterocycles. The van der Waals surface area contributed by atoms with Gasteiger partial charge in [0.1, 0.15) is 5.76 Å². The number of nitrogens with two attached hydrogens (primary N) is 1. The molecule has 0 unspecified atom stereocenters. The van der Waals surface area contributed by atoms with Gasteiger partial charge in [-0.3, -0.25) is 4.99 Å². The summed E-state index contributed by atoms with van der Waals surface area (Å²) in [7, 11) is 0. The average molecular weight is 266 g/mol. The second-order valence-electron chi connectivity index (χ2n) is 4.75.